The Balaban J connectivity index is 2.13. The number of hydrogen-bond acceptors (Lipinski definition) is 3. The average Bonchev–Trinajstić information content (AvgIpc) is 2.41. The highest BCUT2D eigenvalue weighted by Gasteiger charge is 2.19. The van der Waals surface area contributed by atoms with Crippen LogP contribution < -0.4 is 5.32 Å². The molecule has 0 atom stereocenters. The van der Waals surface area contributed by atoms with Gasteiger partial charge in [-0.15, -0.1) is 0 Å². The lowest BCUT2D eigenvalue weighted by molar-refractivity contribution is 0.0564. The largest absolute Gasteiger partial charge is 0.478 e. The smallest absolute Gasteiger partial charge is 0.337 e. The molecule has 6 nitrogen and oxygen atoms in total. The molecule has 1 heterocycles. The van der Waals surface area contributed by atoms with Crippen molar-refractivity contribution in [1.82, 2.24) is 4.90 Å². The van der Waals surface area contributed by atoms with Crippen LogP contribution in [0.1, 0.15) is 10.4 Å². The van der Waals surface area contributed by atoms with Gasteiger partial charge in [0, 0.05) is 18.1 Å². The number of carboxylic acids is 1. The van der Waals surface area contributed by atoms with Gasteiger partial charge in [-0.2, -0.15) is 0 Å². The maximum absolute atomic E-state index is 12.0. The van der Waals surface area contributed by atoms with Crippen LogP contribution in [0, 0.1) is 0 Å². The summed E-state index contributed by atoms with van der Waals surface area (Å²) < 4.78 is 5.14. The molecule has 102 valence electrons. The number of halogens is 1. The molecule has 1 saturated heterocycles. The van der Waals surface area contributed by atoms with E-state index in [-0.39, 0.29) is 17.3 Å². The molecule has 1 aliphatic heterocycles. The van der Waals surface area contributed by atoms with Crippen LogP contribution in [0.2, 0.25) is 5.02 Å². The van der Waals surface area contributed by atoms with E-state index in [1.807, 2.05) is 0 Å². The first kappa shape index (κ1) is 13.6. The zero-order valence-electron chi connectivity index (χ0n) is 10.1. The molecule has 0 saturated carbocycles. The summed E-state index contributed by atoms with van der Waals surface area (Å²) in [5, 5.41) is 12.0. The number of carbonyl (C=O) groups is 2. The molecule has 1 aromatic carbocycles. The summed E-state index contributed by atoms with van der Waals surface area (Å²) in [6.07, 6.45) is 0. The molecule has 0 radical (unpaired) electrons. The van der Waals surface area contributed by atoms with Gasteiger partial charge in [-0.1, -0.05) is 11.6 Å². The van der Waals surface area contributed by atoms with Crippen molar-refractivity contribution in [2.45, 2.75) is 0 Å². The number of nitrogens with one attached hydrogen (secondary N) is 1. The van der Waals surface area contributed by atoms with Gasteiger partial charge >= 0.3 is 12.0 Å². The first-order valence-corrected chi connectivity index (χ1v) is 6.12. The Hall–Kier alpha value is -1.79. The standard InChI is InChI=1S/C12H13ClN2O4/c13-8-1-2-10(9(7-8)11(16)17)14-12(18)15-3-5-19-6-4-15/h1-2,7H,3-6H2,(H,14,18)(H,16,17). The zero-order valence-corrected chi connectivity index (χ0v) is 10.8. The fourth-order valence-corrected chi connectivity index (χ4v) is 1.94. The molecule has 0 aliphatic carbocycles. The number of ether oxygens (including phenoxy) is 1. The molecule has 0 bridgehead atoms. The molecule has 0 unspecified atom stereocenters. The van der Waals surface area contributed by atoms with E-state index >= 15 is 0 Å². The average molecular weight is 285 g/mol. The van der Waals surface area contributed by atoms with Crippen LogP contribution in [0.5, 0.6) is 0 Å². The van der Waals surface area contributed by atoms with E-state index in [1.54, 1.807) is 4.90 Å². The Labute approximate surface area is 114 Å². The van der Waals surface area contributed by atoms with Gasteiger partial charge in [0.05, 0.1) is 24.5 Å². The van der Waals surface area contributed by atoms with Crippen LogP contribution >= 0.6 is 11.6 Å². The fraction of sp³-hybridized carbons (Fsp3) is 0.333. The van der Waals surface area contributed by atoms with Crippen molar-refractivity contribution in [3.05, 3.63) is 28.8 Å². The van der Waals surface area contributed by atoms with Gasteiger partial charge in [0.15, 0.2) is 0 Å². The second-order valence-electron chi connectivity index (χ2n) is 4.02. The van der Waals surface area contributed by atoms with E-state index in [0.717, 1.165) is 0 Å². The topological polar surface area (TPSA) is 78.9 Å². The van der Waals surface area contributed by atoms with E-state index in [1.165, 1.54) is 18.2 Å². The van der Waals surface area contributed by atoms with Gasteiger partial charge < -0.3 is 20.1 Å². The maximum atomic E-state index is 12.0. The molecule has 1 aliphatic rings. The van der Waals surface area contributed by atoms with E-state index in [9.17, 15) is 9.59 Å². The molecular formula is C12H13ClN2O4. The molecule has 1 fully saturated rings. The number of carboxylic acid groups (broad SMARTS) is 1. The number of nitrogens with zero attached hydrogens (tertiary/aromatic N) is 1. The number of hydrogen-bond donors (Lipinski definition) is 2. The number of anilines is 1. The number of amides is 2. The van der Waals surface area contributed by atoms with Gasteiger partial charge in [-0.05, 0) is 18.2 Å². The lowest BCUT2D eigenvalue weighted by Crippen LogP contribution is -2.43. The van der Waals surface area contributed by atoms with Crippen LogP contribution in [0.3, 0.4) is 0 Å². The van der Waals surface area contributed by atoms with Crippen molar-refractivity contribution in [1.29, 1.82) is 0 Å². The third kappa shape index (κ3) is 3.36. The third-order valence-corrected chi connectivity index (χ3v) is 2.99. The van der Waals surface area contributed by atoms with Crippen molar-refractivity contribution in [2.75, 3.05) is 31.6 Å². The quantitative estimate of drug-likeness (QED) is 0.869. The minimum Gasteiger partial charge on any atom is -0.478 e. The van der Waals surface area contributed by atoms with Gasteiger partial charge in [0.2, 0.25) is 0 Å². The van der Waals surface area contributed by atoms with E-state index in [2.05, 4.69) is 5.32 Å². The highest BCUT2D eigenvalue weighted by Crippen LogP contribution is 2.21. The Morgan fingerprint density at radius 3 is 2.63 bits per heavy atom. The minimum absolute atomic E-state index is 0.0332. The maximum Gasteiger partial charge on any atom is 0.337 e. The number of aromatic carboxylic acids is 1. The predicted octanol–water partition coefficient (Wildman–Crippen LogP) is 1.90. The zero-order chi connectivity index (χ0) is 13.8. The Bertz CT molecular complexity index is 501. The number of carbonyl (C=O) groups excluding carboxylic acids is 1. The summed E-state index contributed by atoms with van der Waals surface area (Å²) in [7, 11) is 0. The SMILES string of the molecule is O=C(O)c1cc(Cl)ccc1NC(=O)N1CCOCC1. The first-order valence-electron chi connectivity index (χ1n) is 5.74. The van der Waals surface area contributed by atoms with E-state index in [4.69, 9.17) is 21.4 Å². The van der Waals surface area contributed by atoms with Crippen LogP contribution in [-0.2, 0) is 4.74 Å². The molecule has 2 amide bonds. The summed E-state index contributed by atoms with van der Waals surface area (Å²) in [6, 6.07) is 3.97. The lowest BCUT2D eigenvalue weighted by Gasteiger charge is -2.27. The second kappa shape index (κ2) is 5.90. The van der Waals surface area contributed by atoms with Crippen LogP contribution in [-0.4, -0.2) is 48.3 Å². The molecule has 1 aromatic rings. The van der Waals surface area contributed by atoms with Crippen molar-refractivity contribution in [3.8, 4) is 0 Å². The second-order valence-corrected chi connectivity index (χ2v) is 4.46. The summed E-state index contributed by atoms with van der Waals surface area (Å²) in [5.74, 6) is -1.14. The minimum atomic E-state index is -1.14. The molecule has 0 spiro atoms. The Morgan fingerprint density at radius 1 is 1.32 bits per heavy atom. The van der Waals surface area contributed by atoms with Crippen molar-refractivity contribution < 1.29 is 19.4 Å². The van der Waals surface area contributed by atoms with E-state index in [0.29, 0.717) is 31.3 Å². The number of morpholine rings is 1. The number of rotatable bonds is 2. The normalized spacial score (nSPS) is 15.1. The highest BCUT2D eigenvalue weighted by molar-refractivity contribution is 6.31. The van der Waals surface area contributed by atoms with E-state index < -0.39 is 5.97 Å². The van der Waals surface area contributed by atoms with Crippen molar-refractivity contribution >= 4 is 29.3 Å². The summed E-state index contributed by atoms with van der Waals surface area (Å²) in [4.78, 5) is 24.6. The monoisotopic (exact) mass is 284 g/mol. The molecule has 2 N–H and O–H groups in total. The van der Waals surface area contributed by atoms with Gasteiger partial charge in [-0.25, -0.2) is 9.59 Å². The van der Waals surface area contributed by atoms with Crippen molar-refractivity contribution in [2.24, 2.45) is 0 Å². The number of urea groups is 1. The molecule has 19 heavy (non-hydrogen) atoms. The van der Waals surface area contributed by atoms with Crippen molar-refractivity contribution in [3.63, 3.8) is 0 Å². The van der Waals surface area contributed by atoms with Crippen LogP contribution in [0.15, 0.2) is 18.2 Å². The lowest BCUT2D eigenvalue weighted by atomic mass is 10.2. The Morgan fingerprint density at radius 2 is 2.00 bits per heavy atom. The van der Waals surface area contributed by atoms with Crippen LogP contribution in [0.4, 0.5) is 10.5 Å². The molecular weight excluding hydrogens is 272 g/mol. The molecule has 7 heteroatoms. The van der Waals surface area contributed by atoms with Gasteiger partial charge in [-0.3, -0.25) is 0 Å². The summed E-state index contributed by atoms with van der Waals surface area (Å²) in [5.41, 5.74) is 0.197. The fourth-order valence-electron chi connectivity index (χ4n) is 1.76. The van der Waals surface area contributed by atoms with Gasteiger partial charge in [0.25, 0.3) is 0 Å². The molecule has 0 aromatic heterocycles. The highest BCUT2D eigenvalue weighted by atomic mass is 35.5. The first-order chi connectivity index (χ1) is 9.08. The third-order valence-electron chi connectivity index (χ3n) is 2.75. The summed E-state index contributed by atoms with van der Waals surface area (Å²) >= 11 is 5.74. The Kier molecular flexibility index (Phi) is 4.24. The summed E-state index contributed by atoms with van der Waals surface area (Å²) in [6.45, 7) is 1.95. The number of benzene rings is 1. The van der Waals surface area contributed by atoms with Crippen LogP contribution in [0.25, 0.3) is 0 Å². The van der Waals surface area contributed by atoms with Gasteiger partial charge in [0.1, 0.15) is 0 Å². The predicted molar refractivity (Wildman–Crippen MR) is 69.8 cm³/mol. The molecule has 2 rings (SSSR count).